The summed E-state index contributed by atoms with van der Waals surface area (Å²) in [6.07, 6.45) is 3.98. The van der Waals surface area contributed by atoms with E-state index in [1.807, 2.05) is 86.3 Å². The molecule has 0 bridgehead atoms. The number of amides is 1. The van der Waals surface area contributed by atoms with Gasteiger partial charge in [0.05, 0.1) is 11.6 Å². The van der Waals surface area contributed by atoms with Gasteiger partial charge >= 0.3 is 0 Å². The van der Waals surface area contributed by atoms with Crippen LogP contribution in [0.25, 0.3) is 5.69 Å². The van der Waals surface area contributed by atoms with Gasteiger partial charge in [0.2, 0.25) is 0 Å². The smallest absolute Gasteiger partial charge is 0.274 e. The van der Waals surface area contributed by atoms with Gasteiger partial charge in [-0.05, 0) is 68.7 Å². The molecule has 0 aliphatic rings. The SMILES string of the molecule is Cc1cccc(C)c1OCc1c(C(=O)NC(C)c2cccc(-n3cccc3)c2)noc1C. The predicted molar refractivity (Wildman–Crippen MR) is 123 cm³/mol. The topological polar surface area (TPSA) is 69.3 Å². The quantitative estimate of drug-likeness (QED) is 0.423. The molecule has 1 unspecified atom stereocenters. The van der Waals surface area contributed by atoms with Gasteiger partial charge in [-0.15, -0.1) is 0 Å². The zero-order chi connectivity index (χ0) is 22.7. The first kappa shape index (κ1) is 21.4. The monoisotopic (exact) mass is 429 g/mol. The third-order valence-corrected chi connectivity index (χ3v) is 5.59. The molecule has 0 saturated heterocycles. The highest BCUT2D eigenvalue weighted by molar-refractivity contribution is 5.94. The van der Waals surface area contributed by atoms with Gasteiger partial charge < -0.3 is 19.1 Å². The van der Waals surface area contributed by atoms with Gasteiger partial charge in [0.1, 0.15) is 18.1 Å². The number of benzene rings is 2. The van der Waals surface area contributed by atoms with E-state index in [-0.39, 0.29) is 24.2 Å². The molecule has 0 radical (unpaired) electrons. The molecule has 2 heterocycles. The van der Waals surface area contributed by atoms with Gasteiger partial charge in [-0.1, -0.05) is 35.5 Å². The van der Waals surface area contributed by atoms with E-state index in [9.17, 15) is 4.79 Å². The van der Waals surface area contributed by atoms with Gasteiger partial charge in [0.25, 0.3) is 5.91 Å². The Bertz CT molecular complexity index is 1200. The average Bonchev–Trinajstić information content (AvgIpc) is 3.44. The largest absolute Gasteiger partial charge is 0.488 e. The van der Waals surface area contributed by atoms with Gasteiger partial charge in [0.15, 0.2) is 5.69 Å². The molecule has 4 aromatic rings. The van der Waals surface area contributed by atoms with Crippen LogP contribution in [0.5, 0.6) is 5.75 Å². The van der Waals surface area contributed by atoms with Crippen LogP contribution in [0.3, 0.4) is 0 Å². The zero-order valence-corrected chi connectivity index (χ0v) is 18.8. The fourth-order valence-electron chi connectivity index (χ4n) is 3.72. The van der Waals surface area contributed by atoms with E-state index >= 15 is 0 Å². The van der Waals surface area contributed by atoms with E-state index in [2.05, 4.69) is 16.5 Å². The number of aryl methyl sites for hydroxylation is 3. The first-order chi connectivity index (χ1) is 15.4. The summed E-state index contributed by atoms with van der Waals surface area (Å²) in [7, 11) is 0. The Balaban J connectivity index is 1.49. The van der Waals surface area contributed by atoms with E-state index < -0.39 is 0 Å². The van der Waals surface area contributed by atoms with E-state index in [0.717, 1.165) is 28.1 Å². The van der Waals surface area contributed by atoms with Crippen LogP contribution < -0.4 is 10.1 Å². The Labute approximate surface area is 187 Å². The third-order valence-electron chi connectivity index (χ3n) is 5.59. The van der Waals surface area contributed by atoms with Crippen LogP contribution in [0.2, 0.25) is 0 Å². The van der Waals surface area contributed by atoms with E-state index in [1.54, 1.807) is 6.92 Å². The number of hydrogen-bond acceptors (Lipinski definition) is 4. The summed E-state index contributed by atoms with van der Waals surface area (Å²) in [5.41, 5.74) is 5.02. The Hall–Kier alpha value is -3.80. The maximum absolute atomic E-state index is 13.0. The normalized spacial score (nSPS) is 11.9. The second-order valence-corrected chi connectivity index (χ2v) is 7.96. The molecule has 0 saturated carbocycles. The van der Waals surface area contributed by atoms with Crippen molar-refractivity contribution in [3.63, 3.8) is 0 Å². The molecule has 6 nitrogen and oxygen atoms in total. The summed E-state index contributed by atoms with van der Waals surface area (Å²) in [5, 5.41) is 7.04. The molecule has 2 aromatic heterocycles. The summed E-state index contributed by atoms with van der Waals surface area (Å²) in [6, 6.07) is 17.8. The van der Waals surface area contributed by atoms with Crippen molar-refractivity contribution in [1.82, 2.24) is 15.0 Å². The number of ether oxygens (including phenoxy) is 1. The number of nitrogens with one attached hydrogen (secondary N) is 1. The lowest BCUT2D eigenvalue weighted by Crippen LogP contribution is -2.28. The molecule has 4 rings (SSSR count). The minimum absolute atomic E-state index is 0.206. The second-order valence-electron chi connectivity index (χ2n) is 7.96. The van der Waals surface area contributed by atoms with Crippen LogP contribution in [0.15, 0.2) is 71.5 Å². The summed E-state index contributed by atoms with van der Waals surface area (Å²) < 4.78 is 13.4. The van der Waals surface area contributed by atoms with Crippen LogP contribution >= 0.6 is 0 Å². The zero-order valence-electron chi connectivity index (χ0n) is 18.8. The maximum atomic E-state index is 13.0. The molecule has 1 N–H and O–H groups in total. The highest BCUT2D eigenvalue weighted by Gasteiger charge is 2.22. The minimum Gasteiger partial charge on any atom is -0.488 e. The minimum atomic E-state index is -0.291. The van der Waals surface area contributed by atoms with Crippen LogP contribution in [0.1, 0.15) is 51.5 Å². The molecule has 0 spiro atoms. The predicted octanol–water partition coefficient (Wildman–Crippen LogP) is 5.46. The van der Waals surface area contributed by atoms with Gasteiger partial charge in [-0.25, -0.2) is 0 Å². The first-order valence-electron chi connectivity index (χ1n) is 10.6. The molecule has 1 amide bonds. The summed E-state index contributed by atoms with van der Waals surface area (Å²) in [4.78, 5) is 13.0. The van der Waals surface area contributed by atoms with Crippen molar-refractivity contribution < 1.29 is 14.1 Å². The number of para-hydroxylation sites is 1. The highest BCUT2D eigenvalue weighted by atomic mass is 16.5. The Morgan fingerprint density at radius 2 is 1.75 bits per heavy atom. The highest BCUT2D eigenvalue weighted by Crippen LogP contribution is 2.25. The number of rotatable bonds is 7. The standard InChI is InChI=1S/C26H27N3O3/c1-17-9-7-10-18(2)25(17)31-16-23-20(4)32-28-24(23)26(30)27-19(3)21-11-8-12-22(15-21)29-13-5-6-14-29/h5-15,19H,16H2,1-4H3,(H,27,30). The summed E-state index contributed by atoms with van der Waals surface area (Å²) in [5.74, 6) is 1.10. The van der Waals surface area contributed by atoms with E-state index in [1.165, 1.54) is 0 Å². The maximum Gasteiger partial charge on any atom is 0.274 e. The number of aromatic nitrogens is 2. The second kappa shape index (κ2) is 9.14. The molecule has 6 heteroatoms. The fraction of sp³-hybridized carbons (Fsp3) is 0.231. The molecule has 0 aliphatic heterocycles. The van der Waals surface area contributed by atoms with Crippen molar-refractivity contribution >= 4 is 5.91 Å². The van der Waals surface area contributed by atoms with Gasteiger partial charge in [0, 0.05) is 18.1 Å². The molecule has 0 fully saturated rings. The van der Waals surface area contributed by atoms with E-state index in [4.69, 9.17) is 9.26 Å². The Morgan fingerprint density at radius 3 is 2.47 bits per heavy atom. The van der Waals surface area contributed by atoms with Gasteiger partial charge in [-0.2, -0.15) is 0 Å². The first-order valence-corrected chi connectivity index (χ1v) is 10.6. The lowest BCUT2D eigenvalue weighted by atomic mass is 10.1. The van der Waals surface area contributed by atoms with Crippen molar-refractivity contribution in [2.75, 3.05) is 0 Å². The van der Waals surface area contributed by atoms with Crippen LogP contribution in [-0.2, 0) is 6.61 Å². The summed E-state index contributed by atoms with van der Waals surface area (Å²) >= 11 is 0. The Morgan fingerprint density at radius 1 is 1.06 bits per heavy atom. The third kappa shape index (κ3) is 4.44. The molecular formula is C26H27N3O3. The molecule has 1 atom stereocenters. The van der Waals surface area contributed by atoms with Crippen molar-refractivity contribution in [2.45, 2.75) is 40.3 Å². The van der Waals surface area contributed by atoms with E-state index in [0.29, 0.717) is 11.3 Å². The van der Waals surface area contributed by atoms with Crippen molar-refractivity contribution in [3.8, 4) is 11.4 Å². The number of carbonyl (C=O) groups excluding carboxylic acids is 1. The fourth-order valence-corrected chi connectivity index (χ4v) is 3.72. The number of carbonyl (C=O) groups is 1. The molecule has 164 valence electrons. The van der Waals surface area contributed by atoms with Gasteiger partial charge in [-0.3, -0.25) is 4.79 Å². The lowest BCUT2D eigenvalue weighted by molar-refractivity contribution is 0.0928. The van der Waals surface area contributed by atoms with Crippen LogP contribution in [0, 0.1) is 20.8 Å². The van der Waals surface area contributed by atoms with Crippen molar-refractivity contribution in [2.24, 2.45) is 0 Å². The summed E-state index contributed by atoms with van der Waals surface area (Å²) in [6.45, 7) is 7.95. The number of nitrogens with zero attached hydrogens (tertiary/aromatic N) is 2. The number of hydrogen-bond donors (Lipinski definition) is 1. The molecular weight excluding hydrogens is 402 g/mol. The van der Waals surface area contributed by atoms with Crippen molar-refractivity contribution in [1.29, 1.82) is 0 Å². The molecule has 0 aliphatic carbocycles. The van der Waals surface area contributed by atoms with Crippen LogP contribution in [-0.4, -0.2) is 15.6 Å². The molecule has 32 heavy (non-hydrogen) atoms. The lowest BCUT2D eigenvalue weighted by Gasteiger charge is -2.16. The average molecular weight is 430 g/mol. The van der Waals surface area contributed by atoms with Crippen LogP contribution in [0.4, 0.5) is 0 Å². The Kier molecular flexibility index (Phi) is 6.12. The van der Waals surface area contributed by atoms with Crippen molar-refractivity contribution in [3.05, 3.63) is 101 Å². The molecule has 2 aromatic carbocycles.